The van der Waals surface area contributed by atoms with E-state index in [1.807, 2.05) is 47.1 Å². The van der Waals surface area contributed by atoms with Crippen LogP contribution in [0.3, 0.4) is 0 Å². The highest BCUT2D eigenvalue weighted by Gasteiger charge is 2.09. The number of rotatable bonds is 5. The number of halogens is 1. The van der Waals surface area contributed by atoms with Crippen molar-refractivity contribution in [2.24, 2.45) is 0 Å². The van der Waals surface area contributed by atoms with Crippen LogP contribution < -0.4 is 5.32 Å². The molecule has 4 rings (SSSR count). The van der Waals surface area contributed by atoms with Crippen molar-refractivity contribution < 1.29 is 0 Å². The van der Waals surface area contributed by atoms with E-state index in [4.69, 9.17) is 11.6 Å². The zero-order valence-corrected chi connectivity index (χ0v) is 13.8. The molecule has 0 atom stereocenters. The smallest absolute Gasteiger partial charge is 0.214 e. The van der Waals surface area contributed by atoms with Gasteiger partial charge in [0.1, 0.15) is 0 Å². The number of benzene rings is 1. The van der Waals surface area contributed by atoms with Crippen LogP contribution in [0.25, 0.3) is 16.2 Å². The van der Waals surface area contributed by atoms with Crippen LogP contribution in [0, 0.1) is 0 Å². The van der Waals surface area contributed by atoms with Gasteiger partial charge in [0.25, 0.3) is 0 Å². The summed E-state index contributed by atoms with van der Waals surface area (Å²) in [7, 11) is 0. The fourth-order valence-electron chi connectivity index (χ4n) is 2.34. The molecule has 0 fully saturated rings. The van der Waals surface area contributed by atoms with Gasteiger partial charge in [-0.3, -0.25) is 0 Å². The lowest BCUT2D eigenvalue weighted by molar-refractivity contribution is 0.731. The maximum atomic E-state index is 5.92. The third kappa shape index (κ3) is 3.09. The third-order valence-corrected chi connectivity index (χ3v) is 4.63. The van der Waals surface area contributed by atoms with Gasteiger partial charge in [-0.15, -0.1) is 5.10 Å². The molecule has 1 aromatic carbocycles. The number of nitrogens with one attached hydrogen (secondary N) is 1. The van der Waals surface area contributed by atoms with Gasteiger partial charge in [-0.2, -0.15) is 0 Å². The lowest BCUT2D eigenvalue weighted by Crippen LogP contribution is -2.08. The van der Waals surface area contributed by atoms with E-state index in [9.17, 15) is 0 Å². The van der Waals surface area contributed by atoms with E-state index in [1.54, 1.807) is 11.3 Å². The van der Waals surface area contributed by atoms with E-state index in [0.29, 0.717) is 0 Å². The summed E-state index contributed by atoms with van der Waals surface area (Å²) < 4.78 is 3.94. The van der Waals surface area contributed by atoms with Gasteiger partial charge in [0.15, 0.2) is 0 Å². The summed E-state index contributed by atoms with van der Waals surface area (Å²) >= 11 is 7.46. The number of imidazole rings is 1. The third-order valence-electron chi connectivity index (χ3n) is 3.50. The number of nitrogens with zero attached hydrogens (tertiary/aromatic N) is 4. The second-order valence-corrected chi connectivity index (χ2v) is 6.51. The number of aromatic nitrogens is 4. The van der Waals surface area contributed by atoms with Crippen LogP contribution in [0.15, 0.2) is 55.0 Å². The second kappa shape index (κ2) is 6.06. The molecular weight excluding hydrogens is 330 g/mol. The van der Waals surface area contributed by atoms with Crippen LogP contribution in [-0.2, 0) is 6.54 Å². The molecule has 4 aromatic rings. The first-order chi connectivity index (χ1) is 11.3. The average molecular weight is 344 g/mol. The number of hydrogen-bond donors (Lipinski definition) is 1. The molecule has 116 valence electrons. The van der Waals surface area contributed by atoms with Crippen LogP contribution in [0.2, 0.25) is 5.02 Å². The van der Waals surface area contributed by atoms with E-state index in [-0.39, 0.29) is 0 Å². The molecule has 23 heavy (non-hydrogen) atoms. The molecule has 0 aliphatic heterocycles. The molecule has 1 N–H and O–H groups in total. The Morgan fingerprint density at radius 1 is 1.13 bits per heavy atom. The molecule has 0 saturated heterocycles. The summed E-state index contributed by atoms with van der Waals surface area (Å²) in [5.74, 6) is 0. The van der Waals surface area contributed by atoms with Crippen molar-refractivity contribution in [3.05, 3.63) is 60.0 Å². The Labute approximate surface area is 142 Å². The molecule has 5 nitrogen and oxygen atoms in total. The van der Waals surface area contributed by atoms with Gasteiger partial charge in [-0.05, 0) is 24.3 Å². The minimum atomic E-state index is 0.724. The SMILES string of the molecule is Clc1ccc(-c2cn3nc(NCCn4cccc4)sc3n2)cc1. The zero-order valence-electron chi connectivity index (χ0n) is 12.2. The zero-order chi connectivity index (χ0) is 15.6. The van der Waals surface area contributed by atoms with Crippen molar-refractivity contribution in [1.82, 2.24) is 19.2 Å². The van der Waals surface area contributed by atoms with E-state index >= 15 is 0 Å². The van der Waals surface area contributed by atoms with Crippen molar-refractivity contribution in [2.45, 2.75) is 6.54 Å². The highest BCUT2D eigenvalue weighted by molar-refractivity contribution is 7.20. The monoisotopic (exact) mass is 343 g/mol. The van der Waals surface area contributed by atoms with Gasteiger partial charge in [-0.25, -0.2) is 9.50 Å². The lowest BCUT2D eigenvalue weighted by Gasteiger charge is -2.03. The molecule has 0 amide bonds. The Morgan fingerprint density at radius 3 is 2.65 bits per heavy atom. The molecule has 0 unspecified atom stereocenters. The van der Waals surface area contributed by atoms with Crippen molar-refractivity contribution in [3.63, 3.8) is 0 Å². The molecule has 0 radical (unpaired) electrons. The summed E-state index contributed by atoms with van der Waals surface area (Å²) in [5, 5.41) is 9.46. The molecule has 7 heteroatoms. The Morgan fingerprint density at radius 2 is 1.91 bits per heavy atom. The van der Waals surface area contributed by atoms with Crippen LogP contribution in [-0.4, -0.2) is 25.7 Å². The molecule has 0 bridgehead atoms. The predicted molar refractivity (Wildman–Crippen MR) is 94.2 cm³/mol. The largest absolute Gasteiger partial charge is 0.358 e. The molecule has 0 spiro atoms. The summed E-state index contributed by atoms with van der Waals surface area (Å²) in [5.41, 5.74) is 1.94. The first-order valence-corrected chi connectivity index (χ1v) is 8.44. The van der Waals surface area contributed by atoms with Gasteiger partial charge < -0.3 is 9.88 Å². The quantitative estimate of drug-likeness (QED) is 0.595. The molecule has 0 saturated carbocycles. The Hall–Kier alpha value is -2.31. The first-order valence-electron chi connectivity index (χ1n) is 7.25. The number of hydrogen-bond acceptors (Lipinski definition) is 4. The molecule has 3 aromatic heterocycles. The molecule has 3 heterocycles. The topological polar surface area (TPSA) is 47.1 Å². The highest BCUT2D eigenvalue weighted by atomic mass is 35.5. The lowest BCUT2D eigenvalue weighted by atomic mass is 10.2. The Kier molecular flexibility index (Phi) is 3.77. The first kappa shape index (κ1) is 14.3. The van der Waals surface area contributed by atoms with Gasteiger partial charge >= 0.3 is 0 Å². The van der Waals surface area contributed by atoms with E-state index in [2.05, 4.69) is 32.4 Å². The van der Waals surface area contributed by atoms with E-state index < -0.39 is 0 Å². The summed E-state index contributed by atoms with van der Waals surface area (Å²) in [6, 6.07) is 11.7. The maximum absolute atomic E-state index is 5.92. The van der Waals surface area contributed by atoms with Gasteiger partial charge in [-0.1, -0.05) is 35.1 Å². The maximum Gasteiger partial charge on any atom is 0.214 e. The second-order valence-electron chi connectivity index (χ2n) is 5.12. The summed E-state index contributed by atoms with van der Waals surface area (Å²) in [4.78, 5) is 5.50. The van der Waals surface area contributed by atoms with Crippen molar-refractivity contribution >= 4 is 33.0 Å². The summed E-state index contributed by atoms with van der Waals surface area (Å²) in [6.45, 7) is 1.74. The fraction of sp³-hybridized carbons (Fsp3) is 0.125. The molecular formula is C16H14ClN5S. The fourth-order valence-corrected chi connectivity index (χ4v) is 3.28. The van der Waals surface area contributed by atoms with E-state index in [1.165, 1.54) is 0 Å². The Balaban J connectivity index is 1.47. The minimum Gasteiger partial charge on any atom is -0.358 e. The van der Waals surface area contributed by atoms with Crippen LogP contribution in [0.4, 0.5) is 5.13 Å². The normalized spacial score (nSPS) is 11.2. The van der Waals surface area contributed by atoms with Crippen LogP contribution in [0.1, 0.15) is 0 Å². The van der Waals surface area contributed by atoms with Gasteiger partial charge in [0, 0.05) is 36.1 Å². The van der Waals surface area contributed by atoms with Gasteiger partial charge in [0.2, 0.25) is 10.1 Å². The number of anilines is 1. The molecule has 0 aliphatic rings. The highest BCUT2D eigenvalue weighted by Crippen LogP contribution is 2.25. The predicted octanol–water partition coefficient (Wildman–Crippen LogP) is 4.02. The van der Waals surface area contributed by atoms with Crippen molar-refractivity contribution in [3.8, 4) is 11.3 Å². The Bertz CT molecular complexity index is 876. The van der Waals surface area contributed by atoms with Crippen LogP contribution in [0.5, 0.6) is 0 Å². The van der Waals surface area contributed by atoms with Gasteiger partial charge in [0.05, 0.1) is 11.9 Å². The number of fused-ring (bicyclic) bond motifs is 1. The standard InChI is InChI=1S/C16H14ClN5S/c17-13-5-3-12(4-6-13)14-11-22-16(19-14)23-15(20-22)18-7-10-21-8-1-2-9-21/h1-6,8-9,11H,7,10H2,(H,18,20). The van der Waals surface area contributed by atoms with Crippen molar-refractivity contribution in [2.75, 3.05) is 11.9 Å². The van der Waals surface area contributed by atoms with Crippen LogP contribution >= 0.6 is 22.9 Å². The summed E-state index contributed by atoms with van der Waals surface area (Å²) in [6.07, 6.45) is 6.04. The van der Waals surface area contributed by atoms with E-state index in [0.717, 1.165) is 39.5 Å². The average Bonchev–Trinajstić information content (AvgIpc) is 3.24. The minimum absolute atomic E-state index is 0.724. The van der Waals surface area contributed by atoms with Crippen molar-refractivity contribution in [1.29, 1.82) is 0 Å². The molecule has 0 aliphatic carbocycles.